The van der Waals surface area contributed by atoms with E-state index in [0.717, 1.165) is 10.9 Å². The molecule has 1 amide bonds. The van der Waals surface area contributed by atoms with Crippen molar-refractivity contribution in [1.82, 2.24) is 9.78 Å². The molecule has 146 valence electrons. The SMILES string of the molecule is CCOc1cc(NC(=O)Cn2cc([N+](=O)[O-])c(OC)n2)ccc1OC(F)F. The summed E-state index contributed by atoms with van der Waals surface area (Å²) in [6.45, 7) is -1.48. The number of nitro groups is 1. The maximum Gasteiger partial charge on any atom is 0.387 e. The fraction of sp³-hybridized carbons (Fsp3) is 0.333. The highest BCUT2D eigenvalue weighted by molar-refractivity contribution is 5.90. The molecule has 2 aromatic rings. The van der Waals surface area contributed by atoms with Gasteiger partial charge in [-0.25, -0.2) is 0 Å². The molecule has 0 bridgehead atoms. The van der Waals surface area contributed by atoms with Crippen LogP contribution in [0.5, 0.6) is 17.4 Å². The molecule has 0 unspecified atom stereocenters. The predicted molar refractivity (Wildman–Crippen MR) is 88.3 cm³/mol. The third kappa shape index (κ3) is 5.26. The van der Waals surface area contributed by atoms with E-state index >= 15 is 0 Å². The Balaban J connectivity index is 2.11. The Morgan fingerprint density at radius 2 is 2.15 bits per heavy atom. The molecule has 0 aliphatic heterocycles. The molecule has 0 saturated heterocycles. The van der Waals surface area contributed by atoms with Crippen molar-refractivity contribution in [2.24, 2.45) is 0 Å². The summed E-state index contributed by atoms with van der Waals surface area (Å²) < 4.78 is 40.2. The van der Waals surface area contributed by atoms with E-state index in [1.54, 1.807) is 6.92 Å². The molecule has 1 heterocycles. The Morgan fingerprint density at radius 1 is 1.41 bits per heavy atom. The van der Waals surface area contributed by atoms with Crippen LogP contribution in [-0.4, -0.2) is 40.9 Å². The van der Waals surface area contributed by atoms with Gasteiger partial charge in [-0.15, -0.1) is 5.10 Å². The zero-order valence-electron chi connectivity index (χ0n) is 14.3. The number of nitrogens with one attached hydrogen (secondary N) is 1. The van der Waals surface area contributed by atoms with Crippen molar-refractivity contribution >= 4 is 17.3 Å². The van der Waals surface area contributed by atoms with Gasteiger partial charge in [0.15, 0.2) is 11.5 Å². The highest BCUT2D eigenvalue weighted by Gasteiger charge is 2.21. The zero-order chi connectivity index (χ0) is 20.0. The fourth-order valence-electron chi connectivity index (χ4n) is 2.14. The third-order valence-electron chi connectivity index (χ3n) is 3.15. The lowest BCUT2D eigenvalue weighted by Gasteiger charge is -2.13. The van der Waals surface area contributed by atoms with E-state index in [4.69, 9.17) is 9.47 Å². The highest BCUT2D eigenvalue weighted by atomic mass is 19.3. The summed E-state index contributed by atoms with van der Waals surface area (Å²) in [5.74, 6) is -0.913. The number of hydrogen-bond donors (Lipinski definition) is 1. The van der Waals surface area contributed by atoms with Crippen molar-refractivity contribution in [2.45, 2.75) is 20.1 Å². The summed E-state index contributed by atoms with van der Waals surface area (Å²) in [6.07, 6.45) is 1.06. The van der Waals surface area contributed by atoms with Crippen LogP contribution in [0, 0.1) is 10.1 Å². The Kier molecular flexibility index (Phi) is 6.46. The van der Waals surface area contributed by atoms with Crippen LogP contribution in [0.2, 0.25) is 0 Å². The summed E-state index contributed by atoms with van der Waals surface area (Å²) in [7, 11) is 1.22. The number of anilines is 1. The molecule has 1 aromatic heterocycles. The van der Waals surface area contributed by atoms with E-state index in [9.17, 15) is 23.7 Å². The number of halogens is 2. The number of aromatic nitrogens is 2. The number of benzene rings is 1. The minimum atomic E-state index is -3.02. The number of methoxy groups -OCH3 is 1. The molecular formula is C15H16F2N4O6. The van der Waals surface area contributed by atoms with Crippen LogP contribution in [0.3, 0.4) is 0 Å². The second kappa shape index (κ2) is 8.78. The minimum Gasteiger partial charge on any atom is -0.490 e. The van der Waals surface area contributed by atoms with Crippen molar-refractivity contribution in [3.63, 3.8) is 0 Å². The molecule has 0 fully saturated rings. The van der Waals surface area contributed by atoms with Gasteiger partial charge in [0.2, 0.25) is 5.91 Å². The molecule has 1 aromatic carbocycles. The van der Waals surface area contributed by atoms with E-state index in [1.165, 1.54) is 25.3 Å². The smallest absolute Gasteiger partial charge is 0.387 e. The van der Waals surface area contributed by atoms with Gasteiger partial charge in [-0.05, 0) is 19.1 Å². The second-order valence-electron chi connectivity index (χ2n) is 5.00. The summed E-state index contributed by atoms with van der Waals surface area (Å²) in [5, 5.41) is 17.2. The molecule has 12 heteroatoms. The van der Waals surface area contributed by atoms with Crippen LogP contribution >= 0.6 is 0 Å². The zero-order valence-corrected chi connectivity index (χ0v) is 14.3. The maximum atomic E-state index is 12.4. The number of alkyl halides is 2. The van der Waals surface area contributed by atoms with Crippen molar-refractivity contribution in [1.29, 1.82) is 0 Å². The molecule has 0 atom stereocenters. The highest BCUT2D eigenvalue weighted by Crippen LogP contribution is 2.32. The molecule has 0 saturated carbocycles. The van der Waals surface area contributed by atoms with Crippen LogP contribution < -0.4 is 19.5 Å². The molecule has 27 heavy (non-hydrogen) atoms. The molecule has 0 radical (unpaired) electrons. The van der Waals surface area contributed by atoms with E-state index in [-0.39, 0.29) is 41.9 Å². The number of hydrogen-bond acceptors (Lipinski definition) is 7. The quantitative estimate of drug-likeness (QED) is 0.519. The standard InChI is InChI=1S/C15H16F2N4O6/c1-3-26-12-6-9(4-5-11(12)27-15(16)17)18-13(22)8-20-7-10(21(23)24)14(19-20)25-2/h4-7,15H,3,8H2,1-2H3,(H,18,22). The molecule has 1 N–H and O–H groups in total. The van der Waals surface area contributed by atoms with Crippen LogP contribution in [0.4, 0.5) is 20.2 Å². The minimum absolute atomic E-state index is 0.0343. The summed E-state index contributed by atoms with van der Waals surface area (Å²) >= 11 is 0. The van der Waals surface area contributed by atoms with E-state index in [1.807, 2.05) is 0 Å². The number of carbonyl (C=O) groups is 1. The monoisotopic (exact) mass is 386 g/mol. The van der Waals surface area contributed by atoms with Gasteiger partial charge in [-0.2, -0.15) is 8.78 Å². The second-order valence-corrected chi connectivity index (χ2v) is 5.00. The molecular weight excluding hydrogens is 370 g/mol. The van der Waals surface area contributed by atoms with E-state index in [0.29, 0.717) is 0 Å². The normalized spacial score (nSPS) is 10.6. The molecule has 2 rings (SSSR count). The van der Waals surface area contributed by atoms with Gasteiger partial charge in [-0.1, -0.05) is 0 Å². The third-order valence-corrected chi connectivity index (χ3v) is 3.15. The lowest BCUT2D eigenvalue weighted by molar-refractivity contribution is -0.385. The first-order chi connectivity index (χ1) is 12.8. The van der Waals surface area contributed by atoms with Gasteiger partial charge >= 0.3 is 18.2 Å². The van der Waals surface area contributed by atoms with Crippen molar-refractivity contribution in [3.05, 3.63) is 34.5 Å². The Bertz CT molecular complexity index is 827. The van der Waals surface area contributed by atoms with Gasteiger partial charge in [0.25, 0.3) is 0 Å². The van der Waals surface area contributed by atoms with E-state index < -0.39 is 17.4 Å². The first kappa shape index (κ1) is 19.9. The van der Waals surface area contributed by atoms with Gasteiger partial charge in [0, 0.05) is 11.8 Å². The van der Waals surface area contributed by atoms with Gasteiger partial charge < -0.3 is 19.5 Å². The van der Waals surface area contributed by atoms with Gasteiger partial charge in [-0.3, -0.25) is 19.6 Å². The van der Waals surface area contributed by atoms with Crippen LogP contribution in [0.25, 0.3) is 0 Å². The summed E-state index contributed by atoms with van der Waals surface area (Å²) in [4.78, 5) is 22.3. The first-order valence-electron chi connectivity index (χ1n) is 7.61. The summed E-state index contributed by atoms with van der Waals surface area (Å²) in [6, 6.07) is 3.91. The lowest BCUT2D eigenvalue weighted by atomic mass is 10.2. The number of ether oxygens (including phenoxy) is 3. The van der Waals surface area contributed by atoms with Crippen molar-refractivity contribution < 1.29 is 32.7 Å². The Morgan fingerprint density at radius 3 is 2.70 bits per heavy atom. The van der Waals surface area contributed by atoms with Crippen molar-refractivity contribution in [3.8, 4) is 17.4 Å². The number of rotatable bonds is 9. The topological polar surface area (TPSA) is 118 Å². The largest absolute Gasteiger partial charge is 0.490 e. The lowest BCUT2D eigenvalue weighted by Crippen LogP contribution is -2.19. The average Bonchev–Trinajstić information content (AvgIpc) is 3.00. The van der Waals surface area contributed by atoms with Gasteiger partial charge in [0.1, 0.15) is 12.7 Å². The molecule has 0 spiro atoms. The molecule has 0 aliphatic rings. The van der Waals surface area contributed by atoms with Crippen molar-refractivity contribution in [2.75, 3.05) is 19.0 Å². The summed E-state index contributed by atoms with van der Waals surface area (Å²) in [5.41, 5.74) is -0.115. The Labute approximate surface area is 151 Å². The van der Waals surface area contributed by atoms with Crippen LogP contribution in [0.1, 0.15) is 6.92 Å². The Hall–Kier alpha value is -3.44. The number of carbonyl (C=O) groups excluding carboxylic acids is 1. The maximum absolute atomic E-state index is 12.4. The first-order valence-corrected chi connectivity index (χ1v) is 7.61. The molecule has 0 aliphatic carbocycles. The van der Waals surface area contributed by atoms with Gasteiger partial charge in [0.05, 0.1) is 18.6 Å². The number of amides is 1. The molecule has 10 nitrogen and oxygen atoms in total. The van der Waals surface area contributed by atoms with E-state index in [2.05, 4.69) is 15.2 Å². The average molecular weight is 386 g/mol. The fourth-order valence-corrected chi connectivity index (χ4v) is 2.14. The number of nitrogens with zero attached hydrogens (tertiary/aromatic N) is 3. The predicted octanol–water partition coefficient (Wildman–Crippen LogP) is 2.44. The van der Waals surface area contributed by atoms with Crippen LogP contribution in [-0.2, 0) is 11.3 Å². The van der Waals surface area contributed by atoms with Crippen LogP contribution in [0.15, 0.2) is 24.4 Å².